The fourth-order valence-electron chi connectivity index (χ4n) is 6.45. The van der Waals surface area contributed by atoms with E-state index in [1.807, 2.05) is 7.05 Å². The molecule has 118 valence electrons. The summed E-state index contributed by atoms with van der Waals surface area (Å²) in [5, 5.41) is 3.26. The Balaban J connectivity index is 1.39. The molecule has 1 saturated heterocycles. The monoisotopic (exact) mass is 290 g/mol. The summed E-state index contributed by atoms with van der Waals surface area (Å²) in [6.45, 7) is 3.05. The van der Waals surface area contributed by atoms with Gasteiger partial charge in [0.1, 0.15) is 0 Å². The SMILES string of the molecule is CNCC1CCN(C(=O)CC23CC4CC(CC(C4)C2)C3)C1. The normalized spacial score (nSPS) is 44.5. The largest absolute Gasteiger partial charge is 0.342 e. The third-order valence-electron chi connectivity index (χ3n) is 6.82. The number of carbonyl (C=O) groups is 1. The Hall–Kier alpha value is -0.570. The maximum absolute atomic E-state index is 12.8. The molecule has 1 heterocycles. The average Bonchev–Trinajstić information content (AvgIpc) is 2.85. The topological polar surface area (TPSA) is 32.3 Å². The molecule has 5 aliphatic rings. The molecule has 5 fully saturated rings. The number of carbonyl (C=O) groups excluding carboxylic acids is 1. The van der Waals surface area contributed by atoms with Crippen molar-refractivity contribution in [1.82, 2.24) is 10.2 Å². The molecule has 3 nitrogen and oxygen atoms in total. The highest BCUT2D eigenvalue weighted by Gasteiger charge is 2.51. The van der Waals surface area contributed by atoms with E-state index in [2.05, 4.69) is 10.2 Å². The molecule has 0 aromatic carbocycles. The molecule has 0 spiro atoms. The minimum absolute atomic E-state index is 0.410. The molecule has 4 saturated carbocycles. The van der Waals surface area contributed by atoms with Crippen LogP contribution in [0.3, 0.4) is 0 Å². The van der Waals surface area contributed by atoms with E-state index in [1.54, 1.807) is 0 Å². The van der Waals surface area contributed by atoms with Crippen molar-refractivity contribution in [3.8, 4) is 0 Å². The van der Waals surface area contributed by atoms with Gasteiger partial charge in [-0.2, -0.15) is 0 Å². The third kappa shape index (κ3) is 2.62. The zero-order valence-corrected chi connectivity index (χ0v) is 13.4. The maximum Gasteiger partial charge on any atom is 0.223 e. The molecule has 0 aromatic heterocycles. The van der Waals surface area contributed by atoms with Crippen LogP contribution >= 0.6 is 0 Å². The predicted molar refractivity (Wildman–Crippen MR) is 83.8 cm³/mol. The van der Waals surface area contributed by atoms with Gasteiger partial charge in [0.25, 0.3) is 0 Å². The van der Waals surface area contributed by atoms with Gasteiger partial charge in [-0.25, -0.2) is 0 Å². The molecule has 4 bridgehead atoms. The van der Waals surface area contributed by atoms with Gasteiger partial charge in [0, 0.05) is 19.5 Å². The van der Waals surface area contributed by atoms with E-state index in [9.17, 15) is 4.79 Å². The lowest BCUT2D eigenvalue weighted by molar-refractivity contribution is -0.138. The second-order valence-corrected chi connectivity index (χ2v) is 8.65. The summed E-state index contributed by atoms with van der Waals surface area (Å²) >= 11 is 0. The van der Waals surface area contributed by atoms with Crippen LogP contribution in [0.15, 0.2) is 0 Å². The van der Waals surface area contributed by atoms with Crippen LogP contribution in [-0.4, -0.2) is 37.5 Å². The minimum Gasteiger partial charge on any atom is -0.342 e. The van der Waals surface area contributed by atoms with Crippen molar-refractivity contribution in [2.24, 2.45) is 29.1 Å². The molecule has 1 amide bonds. The summed E-state index contributed by atoms with van der Waals surface area (Å²) in [6.07, 6.45) is 10.6. The zero-order chi connectivity index (χ0) is 14.4. The predicted octanol–water partition coefficient (Wildman–Crippen LogP) is 2.66. The van der Waals surface area contributed by atoms with E-state index in [-0.39, 0.29) is 0 Å². The van der Waals surface area contributed by atoms with Crippen LogP contribution in [0.25, 0.3) is 0 Å². The third-order valence-corrected chi connectivity index (χ3v) is 6.82. The first kappa shape index (κ1) is 14.0. The first-order chi connectivity index (χ1) is 10.2. The molecule has 3 heteroatoms. The fraction of sp³-hybridized carbons (Fsp3) is 0.944. The van der Waals surface area contributed by atoms with E-state index in [1.165, 1.54) is 44.9 Å². The molecule has 0 aromatic rings. The smallest absolute Gasteiger partial charge is 0.223 e. The summed E-state index contributed by atoms with van der Waals surface area (Å²) < 4.78 is 0. The molecular weight excluding hydrogens is 260 g/mol. The average molecular weight is 290 g/mol. The van der Waals surface area contributed by atoms with E-state index < -0.39 is 0 Å². The Bertz CT molecular complexity index is 384. The van der Waals surface area contributed by atoms with Crippen molar-refractivity contribution in [3.05, 3.63) is 0 Å². The van der Waals surface area contributed by atoms with Gasteiger partial charge in [-0.05, 0) is 87.6 Å². The molecule has 1 N–H and O–H groups in total. The van der Waals surface area contributed by atoms with Gasteiger partial charge in [0.05, 0.1) is 0 Å². The summed E-state index contributed by atoms with van der Waals surface area (Å²) in [4.78, 5) is 15.0. The van der Waals surface area contributed by atoms with Gasteiger partial charge in [0.15, 0.2) is 0 Å². The van der Waals surface area contributed by atoms with E-state index in [0.717, 1.165) is 43.8 Å². The van der Waals surface area contributed by atoms with Crippen LogP contribution in [0.4, 0.5) is 0 Å². The highest BCUT2D eigenvalue weighted by atomic mass is 16.2. The Labute approximate surface area is 128 Å². The van der Waals surface area contributed by atoms with Gasteiger partial charge >= 0.3 is 0 Å². The van der Waals surface area contributed by atoms with Crippen molar-refractivity contribution in [3.63, 3.8) is 0 Å². The van der Waals surface area contributed by atoms with Crippen LogP contribution in [0.5, 0.6) is 0 Å². The lowest BCUT2D eigenvalue weighted by Gasteiger charge is -2.56. The van der Waals surface area contributed by atoms with Crippen molar-refractivity contribution in [2.75, 3.05) is 26.7 Å². The zero-order valence-electron chi connectivity index (χ0n) is 13.4. The molecule has 4 aliphatic carbocycles. The number of hydrogen-bond donors (Lipinski definition) is 1. The highest BCUT2D eigenvalue weighted by Crippen LogP contribution is 2.61. The molecular formula is C18H30N2O. The standard InChI is InChI=1S/C18H30N2O/c1-19-11-13-2-3-20(12-13)17(21)10-18-7-14-4-15(8-18)6-16(5-14)9-18/h13-16,19H,2-12H2,1H3. The minimum atomic E-state index is 0.410. The Morgan fingerprint density at radius 2 is 1.76 bits per heavy atom. The number of rotatable bonds is 4. The van der Waals surface area contributed by atoms with Gasteiger partial charge in [-0.15, -0.1) is 0 Å². The molecule has 5 rings (SSSR count). The second kappa shape index (κ2) is 5.26. The van der Waals surface area contributed by atoms with Crippen molar-refractivity contribution in [2.45, 2.75) is 51.4 Å². The Morgan fingerprint density at radius 3 is 2.33 bits per heavy atom. The van der Waals surface area contributed by atoms with E-state index >= 15 is 0 Å². The number of likely N-dealkylation sites (tertiary alicyclic amines) is 1. The summed E-state index contributed by atoms with van der Waals surface area (Å²) in [5.41, 5.74) is 0.410. The van der Waals surface area contributed by atoms with Crippen LogP contribution in [0, 0.1) is 29.1 Å². The lowest BCUT2D eigenvalue weighted by atomic mass is 9.49. The molecule has 21 heavy (non-hydrogen) atoms. The lowest BCUT2D eigenvalue weighted by Crippen LogP contribution is -2.48. The summed E-state index contributed by atoms with van der Waals surface area (Å²) in [7, 11) is 2.01. The van der Waals surface area contributed by atoms with Crippen molar-refractivity contribution in [1.29, 1.82) is 0 Å². The van der Waals surface area contributed by atoms with Crippen molar-refractivity contribution >= 4 is 5.91 Å². The summed E-state index contributed by atoms with van der Waals surface area (Å²) in [6, 6.07) is 0. The molecule has 0 radical (unpaired) electrons. The Morgan fingerprint density at radius 1 is 1.14 bits per heavy atom. The fourth-order valence-corrected chi connectivity index (χ4v) is 6.45. The first-order valence-electron chi connectivity index (χ1n) is 9.08. The van der Waals surface area contributed by atoms with Crippen LogP contribution in [-0.2, 0) is 4.79 Å². The summed E-state index contributed by atoms with van der Waals surface area (Å²) in [5.74, 6) is 4.02. The molecule has 1 atom stereocenters. The van der Waals surface area contributed by atoms with Crippen molar-refractivity contribution < 1.29 is 4.79 Å². The number of amides is 1. The van der Waals surface area contributed by atoms with Crippen LogP contribution < -0.4 is 5.32 Å². The number of hydrogen-bond acceptors (Lipinski definition) is 2. The van der Waals surface area contributed by atoms with Gasteiger partial charge in [0.2, 0.25) is 5.91 Å². The highest BCUT2D eigenvalue weighted by molar-refractivity contribution is 5.77. The first-order valence-corrected chi connectivity index (χ1v) is 9.08. The Kier molecular flexibility index (Phi) is 3.52. The maximum atomic E-state index is 12.8. The van der Waals surface area contributed by atoms with E-state index in [0.29, 0.717) is 17.2 Å². The van der Waals surface area contributed by atoms with Gasteiger partial charge in [-0.3, -0.25) is 4.79 Å². The van der Waals surface area contributed by atoms with Crippen LogP contribution in [0.1, 0.15) is 51.4 Å². The second-order valence-electron chi connectivity index (χ2n) is 8.65. The van der Waals surface area contributed by atoms with Gasteiger partial charge in [-0.1, -0.05) is 0 Å². The quantitative estimate of drug-likeness (QED) is 0.863. The molecule has 1 aliphatic heterocycles. The van der Waals surface area contributed by atoms with E-state index in [4.69, 9.17) is 0 Å². The number of nitrogens with zero attached hydrogens (tertiary/aromatic N) is 1. The number of nitrogens with one attached hydrogen (secondary N) is 1. The molecule has 1 unspecified atom stereocenters. The van der Waals surface area contributed by atoms with Crippen LogP contribution in [0.2, 0.25) is 0 Å². The van der Waals surface area contributed by atoms with Gasteiger partial charge < -0.3 is 10.2 Å².